The molecule has 0 aliphatic carbocycles. The van der Waals surface area contributed by atoms with Gasteiger partial charge in [0.2, 0.25) is 0 Å². The smallest absolute Gasteiger partial charge is 0.335 e. The van der Waals surface area contributed by atoms with E-state index in [0.717, 1.165) is 11.3 Å². The van der Waals surface area contributed by atoms with Crippen molar-refractivity contribution in [1.29, 1.82) is 0 Å². The number of carboxylic acid groups (broad SMARTS) is 1. The molecule has 2 aromatic carbocycles. The van der Waals surface area contributed by atoms with E-state index >= 15 is 0 Å². The molecule has 1 fully saturated rings. The Bertz CT molecular complexity index is 1100. The number of aromatic carboxylic acids is 1. The monoisotopic (exact) mass is 502 g/mol. The van der Waals surface area contributed by atoms with Gasteiger partial charge in [0, 0.05) is 0 Å². The lowest BCUT2D eigenvalue weighted by Gasteiger charge is -2.29. The van der Waals surface area contributed by atoms with Crippen LogP contribution in [-0.4, -0.2) is 34.1 Å². The lowest BCUT2D eigenvalue weighted by Crippen LogP contribution is -2.54. The van der Waals surface area contributed by atoms with Crippen molar-refractivity contribution in [3.8, 4) is 5.75 Å². The van der Waals surface area contributed by atoms with E-state index in [2.05, 4.69) is 21.2 Å². The van der Waals surface area contributed by atoms with Crippen molar-refractivity contribution in [1.82, 2.24) is 5.32 Å². The van der Waals surface area contributed by atoms with Gasteiger partial charge in [-0.1, -0.05) is 13.0 Å². The molecule has 0 spiro atoms. The molecule has 1 aliphatic heterocycles. The zero-order chi connectivity index (χ0) is 22.7. The molecule has 1 saturated heterocycles. The van der Waals surface area contributed by atoms with E-state index in [0.29, 0.717) is 21.5 Å². The minimum absolute atomic E-state index is 0.0493. The van der Waals surface area contributed by atoms with E-state index in [1.165, 1.54) is 30.3 Å². The maximum Gasteiger partial charge on any atom is 0.335 e. The molecule has 0 aromatic heterocycles. The van der Waals surface area contributed by atoms with Gasteiger partial charge >= 0.3 is 5.97 Å². The van der Waals surface area contributed by atoms with E-state index in [1.54, 1.807) is 18.2 Å². The number of amides is 2. The molecular formula is C22H19BrN2O5S. The molecular weight excluding hydrogens is 484 g/mol. The molecule has 9 heteroatoms. The van der Waals surface area contributed by atoms with Crippen LogP contribution in [-0.2, 0) is 9.59 Å². The van der Waals surface area contributed by atoms with E-state index in [-0.39, 0.29) is 22.4 Å². The summed E-state index contributed by atoms with van der Waals surface area (Å²) in [5.41, 5.74) is 0.946. The van der Waals surface area contributed by atoms with Crippen molar-refractivity contribution in [2.45, 2.75) is 26.4 Å². The van der Waals surface area contributed by atoms with Crippen LogP contribution in [0, 0.1) is 0 Å². The number of nitrogens with one attached hydrogen (secondary N) is 1. The number of ether oxygens (including phenoxy) is 1. The summed E-state index contributed by atoms with van der Waals surface area (Å²) >= 11 is 8.62. The molecule has 31 heavy (non-hydrogen) atoms. The molecule has 3 rings (SSSR count). The Kier molecular flexibility index (Phi) is 6.87. The second-order valence-electron chi connectivity index (χ2n) is 6.84. The van der Waals surface area contributed by atoms with Crippen LogP contribution in [0.5, 0.6) is 5.75 Å². The van der Waals surface area contributed by atoms with Gasteiger partial charge in [-0.2, -0.15) is 0 Å². The number of halogens is 1. The molecule has 1 heterocycles. The van der Waals surface area contributed by atoms with Crippen molar-refractivity contribution in [3.63, 3.8) is 0 Å². The summed E-state index contributed by atoms with van der Waals surface area (Å²) < 4.78 is 6.51. The van der Waals surface area contributed by atoms with Crippen molar-refractivity contribution in [3.05, 3.63) is 63.6 Å². The van der Waals surface area contributed by atoms with Crippen LogP contribution in [0.3, 0.4) is 0 Å². The Morgan fingerprint density at radius 1 is 1.26 bits per heavy atom. The standard InChI is InChI=1S/C22H19BrN2O5S/c1-3-12(2)30-18-9-4-13(11-17(18)23)10-16-19(26)24-22(31)25(20(16)27)15-7-5-14(6-8-15)21(28)29/h4-12H,3H2,1-2H3,(H,28,29)(H,24,26,31)/b16-10+/t12-/m0/s1. The van der Waals surface area contributed by atoms with Crippen molar-refractivity contribution in [2.24, 2.45) is 0 Å². The Hall–Kier alpha value is -3.04. The van der Waals surface area contributed by atoms with Crippen LogP contribution >= 0.6 is 28.1 Å². The third-order valence-electron chi connectivity index (χ3n) is 4.64. The van der Waals surface area contributed by atoms with Crippen molar-refractivity contribution >= 4 is 62.8 Å². The summed E-state index contributed by atoms with van der Waals surface area (Å²) in [4.78, 5) is 37.7. The van der Waals surface area contributed by atoms with Gasteiger partial charge in [0.25, 0.3) is 11.8 Å². The lowest BCUT2D eigenvalue weighted by molar-refractivity contribution is -0.122. The van der Waals surface area contributed by atoms with Crippen LogP contribution in [0.4, 0.5) is 5.69 Å². The van der Waals surface area contributed by atoms with E-state index in [1.807, 2.05) is 13.8 Å². The number of thiocarbonyl (C=S) groups is 1. The first kappa shape index (κ1) is 22.6. The number of hydrogen-bond donors (Lipinski definition) is 2. The first-order chi connectivity index (χ1) is 14.7. The summed E-state index contributed by atoms with van der Waals surface area (Å²) in [6.45, 7) is 3.99. The third-order valence-corrected chi connectivity index (χ3v) is 5.55. The molecule has 0 unspecified atom stereocenters. The van der Waals surface area contributed by atoms with Gasteiger partial charge < -0.3 is 9.84 Å². The number of nitrogens with zero attached hydrogens (tertiary/aromatic N) is 1. The fourth-order valence-electron chi connectivity index (χ4n) is 2.81. The Morgan fingerprint density at radius 2 is 1.94 bits per heavy atom. The largest absolute Gasteiger partial charge is 0.490 e. The predicted molar refractivity (Wildman–Crippen MR) is 124 cm³/mol. The van der Waals surface area contributed by atoms with Gasteiger partial charge in [-0.25, -0.2) is 4.79 Å². The summed E-state index contributed by atoms with van der Waals surface area (Å²) in [6.07, 6.45) is 2.37. The highest BCUT2D eigenvalue weighted by Gasteiger charge is 2.34. The quantitative estimate of drug-likeness (QED) is 0.349. The molecule has 0 bridgehead atoms. The number of carbonyl (C=O) groups excluding carboxylic acids is 2. The van der Waals surface area contributed by atoms with E-state index < -0.39 is 17.8 Å². The molecule has 160 valence electrons. The van der Waals surface area contributed by atoms with Crippen LogP contribution in [0.1, 0.15) is 36.2 Å². The average Bonchev–Trinajstić information content (AvgIpc) is 2.73. The fraction of sp³-hybridized carbons (Fsp3) is 0.182. The van der Waals surface area contributed by atoms with Crippen molar-refractivity contribution in [2.75, 3.05) is 4.90 Å². The number of anilines is 1. The maximum atomic E-state index is 13.1. The summed E-state index contributed by atoms with van der Waals surface area (Å²) in [7, 11) is 0. The summed E-state index contributed by atoms with van der Waals surface area (Å²) in [6, 6.07) is 10.9. The number of rotatable bonds is 6. The third kappa shape index (κ3) is 5.00. The zero-order valence-electron chi connectivity index (χ0n) is 16.7. The molecule has 1 atom stereocenters. The van der Waals surface area contributed by atoms with Gasteiger partial charge in [0.1, 0.15) is 11.3 Å². The maximum absolute atomic E-state index is 13.1. The Labute approximate surface area is 192 Å². The van der Waals surface area contributed by atoms with Gasteiger partial charge in [-0.05, 0) is 89.5 Å². The van der Waals surface area contributed by atoms with Gasteiger partial charge in [-0.15, -0.1) is 0 Å². The predicted octanol–water partition coefficient (Wildman–Crippen LogP) is 4.16. The summed E-state index contributed by atoms with van der Waals surface area (Å²) in [5.74, 6) is -1.63. The molecule has 2 amide bonds. The van der Waals surface area contributed by atoms with E-state index in [9.17, 15) is 14.4 Å². The Morgan fingerprint density at radius 3 is 2.52 bits per heavy atom. The second-order valence-corrected chi connectivity index (χ2v) is 8.08. The minimum Gasteiger partial charge on any atom is -0.490 e. The number of carbonyl (C=O) groups is 3. The number of benzene rings is 2. The SMILES string of the molecule is CC[C@H](C)Oc1ccc(/C=C2\C(=O)NC(=S)N(c3ccc(C(=O)O)cc3)C2=O)cc1Br. The molecule has 2 N–H and O–H groups in total. The summed E-state index contributed by atoms with van der Waals surface area (Å²) in [5, 5.41) is 11.5. The normalized spacial score (nSPS) is 16.3. The average molecular weight is 503 g/mol. The molecule has 7 nitrogen and oxygen atoms in total. The van der Waals surface area contributed by atoms with Crippen LogP contribution in [0.15, 0.2) is 52.5 Å². The zero-order valence-corrected chi connectivity index (χ0v) is 19.1. The molecule has 1 aliphatic rings. The van der Waals surface area contributed by atoms with E-state index in [4.69, 9.17) is 22.1 Å². The van der Waals surface area contributed by atoms with Crippen LogP contribution in [0.2, 0.25) is 0 Å². The highest BCUT2D eigenvalue weighted by molar-refractivity contribution is 9.10. The molecule has 2 aromatic rings. The highest BCUT2D eigenvalue weighted by atomic mass is 79.9. The second kappa shape index (κ2) is 9.40. The fourth-order valence-corrected chi connectivity index (χ4v) is 3.59. The molecule has 0 radical (unpaired) electrons. The van der Waals surface area contributed by atoms with Crippen molar-refractivity contribution < 1.29 is 24.2 Å². The highest BCUT2D eigenvalue weighted by Crippen LogP contribution is 2.29. The topological polar surface area (TPSA) is 95.9 Å². The number of carboxylic acids is 1. The van der Waals surface area contributed by atoms with Crippen LogP contribution < -0.4 is 15.0 Å². The van der Waals surface area contributed by atoms with Gasteiger partial charge in [0.15, 0.2) is 5.11 Å². The van der Waals surface area contributed by atoms with Gasteiger partial charge in [-0.3, -0.25) is 19.8 Å². The first-order valence-electron chi connectivity index (χ1n) is 9.42. The van der Waals surface area contributed by atoms with Crippen LogP contribution in [0.25, 0.3) is 6.08 Å². The Balaban J connectivity index is 1.91. The minimum atomic E-state index is -1.08. The molecule has 0 saturated carbocycles. The first-order valence-corrected chi connectivity index (χ1v) is 10.6. The lowest BCUT2D eigenvalue weighted by atomic mass is 10.1. The van der Waals surface area contributed by atoms with Gasteiger partial charge in [0.05, 0.1) is 21.8 Å². The number of hydrogen-bond acceptors (Lipinski definition) is 5.